The number of piperidine rings is 1. The second-order valence-corrected chi connectivity index (χ2v) is 3.99. The van der Waals surface area contributed by atoms with Gasteiger partial charge in [-0.3, -0.25) is 4.90 Å². The van der Waals surface area contributed by atoms with Crippen molar-refractivity contribution < 1.29 is 0 Å². The predicted molar refractivity (Wildman–Crippen MR) is 58.0 cm³/mol. The third-order valence-electron chi connectivity index (χ3n) is 2.89. The van der Waals surface area contributed by atoms with Crippen LogP contribution < -0.4 is 5.32 Å². The molecule has 13 heavy (non-hydrogen) atoms. The molecule has 1 aliphatic heterocycles. The van der Waals surface area contributed by atoms with E-state index in [0.717, 1.165) is 12.6 Å². The molecular weight excluding hydrogens is 160 g/mol. The molecule has 0 unspecified atom stereocenters. The largest absolute Gasteiger partial charge is 0.315 e. The fourth-order valence-corrected chi connectivity index (χ4v) is 2.18. The SMILES string of the molecule is CCCN1CCCC[C@@H]1CNCC. The molecule has 0 radical (unpaired) electrons. The minimum Gasteiger partial charge on any atom is -0.315 e. The van der Waals surface area contributed by atoms with E-state index in [0.29, 0.717) is 0 Å². The standard InChI is InChI=1S/C11H24N2/c1-3-8-13-9-6-5-7-11(13)10-12-4-2/h11-12H,3-10H2,1-2H3/t11-/m1/s1. The van der Waals surface area contributed by atoms with E-state index in [1.54, 1.807) is 0 Å². The first-order valence-electron chi connectivity index (χ1n) is 5.83. The Morgan fingerprint density at radius 1 is 1.31 bits per heavy atom. The lowest BCUT2D eigenvalue weighted by Gasteiger charge is -2.35. The number of rotatable bonds is 5. The Bertz CT molecular complexity index is 123. The summed E-state index contributed by atoms with van der Waals surface area (Å²) in [4.78, 5) is 2.66. The summed E-state index contributed by atoms with van der Waals surface area (Å²) in [6, 6.07) is 0.814. The van der Waals surface area contributed by atoms with Gasteiger partial charge in [-0.05, 0) is 38.9 Å². The molecule has 2 nitrogen and oxygen atoms in total. The number of likely N-dealkylation sites (tertiary alicyclic amines) is 1. The van der Waals surface area contributed by atoms with Gasteiger partial charge in [0.1, 0.15) is 0 Å². The Morgan fingerprint density at radius 3 is 2.85 bits per heavy atom. The lowest BCUT2D eigenvalue weighted by molar-refractivity contribution is 0.146. The molecule has 0 aliphatic carbocycles. The van der Waals surface area contributed by atoms with Gasteiger partial charge in [0.15, 0.2) is 0 Å². The zero-order chi connectivity index (χ0) is 9.52. The first kappa shape index (κ1) is 11.0. The molecule has 1 heterocycles. The summed E-state index contributed by atoms with van der Waals surface area (Å²) < 4.78 is 0. The molecule has 1 saturated heterocycles. The molecule has 0 bridgehead atoms. The van der Waals surface area contributed by atoms with E-state index >= 15 is 0 Å². The van der Waals surface area contributed by atoms with E-state index in [-0.39, 0.29) is 0 Å². The maximum absolute atomic E-state index is 3.46. The van der Waals surface area contributed by atoms with Gasteiger partial charge in [0, 0.05) is 12.6 Å². The van der Waals surface area contributed by atoms with Crippen molar-refractivity contribution in [2.45, 2.75) is 45.6 Å². The van der Waals surface area contributed by atoms with Crippen LogP contribution in [0.15, 0.2) is 0 Å². The van der Waals surface area contributed by atoms with Crippen LogP contribution in [-0.2, 0) is 0 Å². The molecule has 2 heteroatoms. The highest BCUT2D eigenvalue weighted by Crippen LogP contribution is 2.16. The maximum atomic E-state index is 3.46. The normalized spacial score (nSPS) is 24.9. The second kappa shape index (κ2) is 6.39. The molecular formula is C11H24N2. The number of nitrogens with zero attached hydrogens (tertiary/aromatic N) is 1. The highest BCUT2D eigenvalue weighted by atomic mass is 15.2. The molecule has 1 rings (SSSR count). The van der Waals surface area contributed by atoms with Crippen molar-refractivity contribution in [2.24, 2.45) is 0 Å². The highest BCUT2D eigenvalue weighted by molar-refractivity contribution is 4.78. The Kier molecular flexibility index (Phi) is 5.40. The van der Waals surface area contributed by atoms with Crippen molar-refractivity contribution in [2.75, 3.05) is 26.2 Å². The molecule has 0 aromatic heterocycles. The van der Waals surface area contributed by atoms with Crippen molar-refractivity contribution in [3.63, 3.8) is 0 Å². The van der Waals surface area contributed by atoms with E-state index in [4.69, 9.17) is 0 Å². The summed E-state index contributed by atoms with van der Waals surface area (Å²) in [6.45, 7) is 9.37. The summed E-state index contributed by atoms with van der Waals surface area (Å²) in [5.74, 6) is 0. The van der Waals surface area contributed by atoms with Gasteiger partial charge in [-0.15, -0.1) is 0 Å². The summed E-state index contributed by atoms with van der Waals surface area (Å²) in [5, 5.41) is 3.46. The Hall–Kier alpha value is -0.0800. The van der Waals surface area contributed by atoms with E-state index < -0.39 is 0 Å². The van der Waals surface area contributed by atoms with Crippen LogP contribution in [0, 0.1) is 0 Å². The van der Waals surface area contributed by atoms with Crippen LogP contribution in [0.3, 0.4) is 0 Å². The third kappa shape index (κ3) is 3.65. The number of hydrogen-bond donors (Lipinski definition) is 1. The minimum absolute atomic E-state index is 0.814. The van der Waals surface area contributed by atoms with Gasteiger partial charge in [0.05, 0.1) is 0 Å². The average Bonchev–Trinajstić information content (AvgIpc) is 2.17. The fourth-order valence-electron chi connectivity index (χ4n) is 2.18. The van der Waals surface area contributed by atoms with Gasteiger partial charge in [-0.2, -0.15) is 0 Å². The third-order valence-corrected chi connectivity index (χ3v) is 2.89. The van der Waals surface area contributed by atoms with Crippen LogP contribution in [0.1, 0.15) is 39.5 Å². The quantitative estimate of drug-likeness (QED) is 0.701. The molecule has 1 N–H and O–H groups in total. The topological polar surface area (TPSA) is 15.3 Å². The van der Waals surface area contributed by atoms with Gasteiger partial charge >= 0.3 is 0 Å². The van der Waals surface area contributed by atoms with Crippen LogP contribution in [0.4, 0.5) is 0 Å². The van der Waals surface area contributed by atoms with Gasteiger partial charge in [-0.1, -0.05) is 20.3 Å². The fraction of sp³-hybridized carbons (Fsp3) is 1.00. The molecule has 1 fully saturated rings. The molecule has 1 aliphatic rings. The van der Waals surface area contributed by atoms with Crippen LogP contribution in [0.25, 0.3) is 0 Å². The zero-order valence-electron chi connectivity index (χ0n) is 9.18. The van der Waals surface area contributed by atoms with Crippen LogP contribution in [-0.4, -0.2) is 37.1 Å². The Morgan fingerprint density at radius 2 is 2.15 bits per heavy atom. The molecule has 1 atom stereocenters. The number of nitrogens with one attached hydrogen (secondary N) is 1. The molecule has 0 aromatic carbocycles. The average molecular weight is 184 g/mol. The van der Waals surface area contributed by atoms with Crippen LogP contribution >= 0.6 is 0 Å². The van der Waals surface area contributed by atoms with E-state index in [1.165, 1.54) is 45.3 Å². The highest BCUT2D eigenvalue weighted by Gasteiger charge is 2.20. The molecule has 0 amide bonds. The minimum atomic E-state index is 0.814. The summed E-state index contributed by atoms with van der Waals surface area (Å²) >= 11 is 0. The van der Waals surface area contributed by atoms with Crippen molar-refractivity contribution in [3.05, 3.63) is 0 Å². The van der Waals surface area contributed by atoms with E-state index in [1.807, 2.05) is 0 Å². The van der Waals surface area contributed by atoms with Gasteiger partial charge < -0.3 is 5.32 Å². The summed E-state index contributed by atoms with van der Waals surface area (Å²) in [7, 11) is 0. The van der Waals surface area contributed by atoms with Crippen LogP contribution in [0.2, 0.25) is 0 Å². The first-order chi connectivity index (χ1) is 6.38. The summed E-state index contributed by atoms with van der Waals surface area (Å²) in [6.07, 6.45) is 5.52. The molecule has 0 saturated carbocycles. The van der Waals surface area contributed by atoms with Crippen molar-refractivity contribution >= 4 is 0 Å². The van der Waals surface area contributed by atoms with Crippen molar-refractivity contribution in [3.8, 4) is 0 Å². The lowest BCUT2D eigenvalue weighted by Crippen LogP contribution is -2.45. The molecule has 0 spiro atoms. The molecule has 78 valence electrons. The number of likely N-dealkylation sites (N-methyl/N-ethyl adjacent to an activating group) is 1. The Labute approximate surface area is 82.7 Å². The first-order valence-corrected chi connectivity index (χ1v) is 5.83. The predicted octanol–water partition coefficient (Wildman–Crippen LogP) is 1.86. The smallest absolute Gasteiger partial charge is 0.0220 e. The van der Waals surface area contributed by atoms with E-state index in [2.05, 4.69) is 24.1 Å². The van der Waals surface area contributed by atoms with Crippen molar-refractivity contribution in [1.29, 1.82) is 0 Å². The molecule has 0 aromatic rings. The number of hydrogen-bond acceptors (Lipinski definition) is 2. The summed E-state index contributed by atoms with van der Waals surface area (Å²) in [5.41, 5.74) is 0. The van der Waals surface area contributed by atoms with Crippen LogP contribution in [0.5, 0.6) is 0 Å². The monoisotopic (exact) mass is 184 g/mol. The Balaban J connectivity index is 2.28. The zero-order valence-corrected chi connectivity index (χ0v) is 9.18. The lowest BCUT2D eigenvalue weighted by atomic mass is 10.0. The van der Waals surface area contributed by atoms with E-state index in [9.17, 15) is 0 Å². The van der Waals surface area contributed by atoms with Gasteiger partial charge in [0.25, 0.3) is 0 Å². The van der Waals surface area contributed by atoms with Gasteiger partial charge in [0.2, 0.25) is 0 Å². The van der Waals surface area contributed by atoms with Crippen molar-refractivity contribution in [1.82, 2.24) is 10.2 Å². The maximum Gasteiger partial charge on any atom is 0.0220 e. The van der Waals surface area contributed by atoms with Gasteiger partial charge in [-0.25, -0.2) is 0 Å². The second-order valence-electron chi connectivity index (χ2n) is 3.99.